The first-order valence-electron chi connectivity index (χ1n) is 13.2. The molecule has 38 heavy (non-hydrogen) atoms. The van der Waals surface area contributed by atoms with E-state index in [1.807, 2.05) is 24.3 Å². The normalized spacial score (nSPS) is 29.1. The zero-order valence-corrected chi connectivity index (χ0v) is 22.0. The molecule has 2 atom stereocenters. The number of benzene rings is 3. The Balaban J connectivity index is 1.11. The molecule has 2 amide bonds. The topological polar surface area (TPSA) is 63.7 Å². The highest BCUT2D eigenvalue weighted by Crippen LogP contribution is 2.61. The molecule has 0 aromatic heterocycles. The van der Waals surface area contributed by atoms with Crippen LogP contribution in [0.25, 0.3) is 0 Å². The molecule has 0 radical (unpaired) electrons. The molecule has 8 rings (SSSR count). The van der Waals surface area contributed by atoms with Crippen molar-refractivity contribution in [3.63, 3.8) is 0 Å². The van der Waals surface area contributed by atoms with Crippen molar-refractivity contribution < 1.29 is 19.1 Å². The van der Waals surface area contributed by atoms with Crippen molar-refractivity contribution in [2.24, 2.45) is 17.8 Å². The smallest absolute Gasteiger partial charge is 0.314 e. The third-order valence-corrected chi connectivity index (χ3v) is 9.51. The maximum atomic E-state index is 14.0. The number of esters is 1. The van der Waals surface area contributed by atoms with Gasteiger partial charge in [-0.25, -0.2) is 0 Å². The minimum absolute atomic E-state index is 0.0574. The summed E-state index contributed by atoms with van der Waals surface area (Å²) in [5.41, 5.74) is 4.70. The van der Waals surface area contributed by atoms with Gasteiger partial charge in [0.15, 0.2) is 0 Å². The average Bonchev–Trinajstić information content (AvgIpc) is 3.20. The van der Waals surface area contributed by atoms with E-state index in [0.29, 0.717) is 30.7 Å². The Labute approximate surface area is 230 Å². The van der Waals surface area contributed by atoms with Gasteiger partial charge in [0.1, 0.15) is 5.75 Å². The summed E-state index contributed by atoms with van der Waals surface area (Å²) in [6.45, 7) is 0. The summed E-state index contributed by atoms with van der Waals surface area (Å²) in [6, 6.07) is 21.1. The number of nitrogens with zero attached hydrogens (tertiary/aromatic N) is 1. The summed E-state index contributed by atoms with van der Waals surface area (Å²) >= 11 is 12.1. The largest absolute Gasteiger partial charge is 0.425 e. The van der Waals surface area contributed by atoms with Crippen molar-refractivity contribution >= 4 is 41.0 Å². The fourth-order valence-corrected chi connectivity index (χ4v) is 7.83. The number of likely N-dealkylation sites (tertiary alicyclic amines) is 1. The highest BCUT2D eigenvalue weighted by atomic mass is 35.5. The van der Waals surface area contributed by atoms with E-state index in [0.717, 1.165) is 0 Å². The van der Waals surface area contributed by atoms with Crippen molar-refractivity contribution in [1.29, 1.82) is 0 Å². The van der Waals surface area contributed by atoms with Crippen molar-refractivity contribution in [3.8, 4) is 5.75 Å². The molecule has 0 spiro atoms. The summed E-state index contributed by atoms with van der Waals surface area (Å²) < 4.78 is 5.55. The van der Waals surface area contributed by atoms with E-state index < -0.39 is 0 Å². The molecule has 1 saturated carbocycles. The van der Waals surface area contributed by atoms with Gasteiger partial charge in [-0.2, -0.15) is 0 Å². The third kappa shape index (κ3) is 3.48. The average molecular weight is 546 g/mol. The van der Waals surface area contributed by atoms with Crippen LogP contribution in [0.15, 0.2) is 66.7 Å². The monoisotopic (exact) mass is 545 g/mol. The van der Waals surface area contributed by atoms with Gasteiger partial charge >= 0.3 is 5.97 Å². The van der Waals surface area contributed by atoms with E-state index >= 15 is 0 Å². The van der Waals surface area contributed by atoms with Gasteiger partial charge in [0.25, 0.3) is 0 Å². The van der Waals surface area contributed by atoms with Crippen molar-refractivity contribution in [1.82, 2.24) is 4.90 Å². The second kappa shape index (κ2) is 8.96. The highest BCUT2D eigenvalue weighted by molar-refractivity contribution is 6.35. The molecule has 4 aliphatic carbocycles. The molecule has 0 unspecified atom stereocenters. The number of imide groups is 1. The Kier molecular flexibility index (Phi) is 5.64. The predicted octanol–water partition coefficient (Wildman–Crippen LogP) is 6.35. The minimum Gasteiger partial charge on any atom is -0.425 e. The number of amides is 2. The summed E-state index contributed by atoms with van der Waals surface area (Å²) in [5.74, 6) is -1.42. The molecule has 7 heteroatoms. The van der Waals surface area contributed by atoms with Crippen LogP contribution in [0.2, 0.25) is 10.0 Å². The summed E-state index contributed by atoms with van der Waals surface area (Å²) in [4.78, 5) is 42.3. The molecule has 3 aromatic carbocycles. The van der Waals surface area contributed by atoms with E-state index in [9.17, 15) is 14.4 Å². The lowest BCUT2D eigenvalue weighted by Gasteiger charge is -2.45. The van der Waals surface area contributed by atoms with Gasteiger partial charge in [0, 0.05) is 22.9 Å². The van der Waals surface area contributed by atoms with Crippen LogP contribution in [0.4, 0.5) is 0 Å². The molecule has 5 aliphatic rings. The lowest BCUT2D eigenvalue weighted by atomic mass is 9.55. The van der Waals surface area contributed by atoms with Crippen LogP contribution in [0.5, 0.6) is 5.75 Å². The van der Waals surface area contributed by atoms with Gasteiger partial charge in [0.2, 0.25) is 11.8 Å². The Hall–Kier alpha value is -3.15. The predicted molar refractivity (Wildman–Crippen MR) is 143 cm³/mol. The number of hydrogen-bond donors (Lipinski definition) is 0. The number of hydrogen-bond acceptors (Lipinski definition) is 4. The van der Waals surface area contributed by atoms with E-state index in [2.05, 4.69) is 24.3 Å². The van der Waals surface area contributed by atoms with Gasteiger partial charge in [0.05, 0.1) is 22.8 Å². The quantitative estimate of drug-likeness (QED) is 0.218. The second-order valence-corrected chi connectivity index (χ2v) is 11.7. The first-order chi connectivity index (χ1) is 18.4. The SMILES string of the molecule is O=C(Oc1ccc(Cl)cc1Cl)C1CCC(N2C(=O)[C@@H]3C4c5ccccc5C(c5ccccc54)[C@H]3C2=O)CC1. The van der Waals surface area contributed by atoms with Gasteiger partial charge < -0.3 is 4.74 Å². The van der Waals surface area contributed by atoms with Crippen LogP contribution in [-0.2, 0) is 14.4 Å². The lowest BCUT2D eigenvalue weighted by molar-refractivity contribution is -0.144. The van der Waals surface area contributed by atoms with Crippen molar-refractivity contribution in [2.75, 3.05) is 0 Å². The second-order valence-electron chi connectivity index (χ2n) is 10.8. The van der Waals surface area contributed by atoms with Crippen LogP contribution in [0.3, 0.4) is 0 Å². The third-order valence-electron chi connectivity index (χ3n) is 8.98. The van der Waals surface area contributed by atoms with E-state index in [4.69, 9.17) is 27.9 Å². The molecular weight excluding hydrogens is 521 g/mol. The molecule has 3 aromatic rings. The number of rotatable bonds is 3. The van der Waals surface area contributed by atoms with Crippen LogP contribution < -0.4 is 4.74 Å². The van der Waals surface area contributed by atoms with Crippen LogP contribution in [-0.4, -0.2) is 28.7 Å². The maximum Gasteiger partial charge on any atom is 0.314 e. The standard InChI is InChI=1S/C31H25Cl2NO4/c32-17-11-14-24(23(33)15-17)38-31(37)16-9-12-18(13-10-16)34-29(35)27-25-19-5-1-2-6-20(19)26(28(27)30(34)36)22-8-4-3-7-21(22)25/h1-8,11,14-16,18,25-28H,9-10,12-13H2/t16?,18?,25?,26?,27-,28-/m1/s1. The zero-order valence-electron chi connectivity index (χ0n) is 20.5. The molecule has 0 N–H and O–H groups in total. The Morgan fingerprint density at radius 3 is 1.71 bits per heavy atom. The molecule has 192 valence electrons. The van der Waals surface area contributed by atoms with E-state index in [1.54, 1.807) is 17.0 Å². The van der Waals surface area contributed by atoms with Gasteiger partial charge in [-0.05, 0) is 66.1 Å². The van der Waals surface area contributed by atoms with Crippen molar-refractivity contribution in [2.45, 2.75) is 43.6 Å². The van der Waals surface area contributed by atoms with E-state index in [1.165, 1.54) is 28.3 Å². The molecule has 2 bridgehead atoms. The van der Waals surface area contributed by atoms with Crippen LogP contribution in [0.1, 0.15) is 59.8 Å². The minimum atomic E-state index is -0.368. The maximum absolute atomic E-state index is 14.0. The van der Waals surface area contributed by atoms with E-state index in [-0.39, 0.29) is 64.2 Å². The highest BCUT2D eigenvalue weighted by Gasteiger charge is 2.62. The summed E-state index contributed by atoms with van der Waals surface area (Å²) in [7, 11) is 0. The van der Waals surface area contributed by atoms with Gasteiger partial charge in [-0.3, -0.25) is 19.3 Å². The number of carbonyl (C=O) groups excluding carboxylic acids is 3. The fraction of sp³-hybridized carbons (Fsp3) is 0.323. The zero-order chi connectivity index (χ0) is 26.1. The molecule has 1 heterocycles. The molecule has 1 aliphatic heterocycles. The molecule has 2 fully saturated rings. The Morgan fingerprint density at radius 2 is 1.24 bits per heavy atom. The lowest BCUT2D eigenvalue weighted by Crippen LogP contribution is -2.44. The molecule has 5 nitrogen and oxygen atoms in total. The van der Waals surface area contributed by atoms with Crippen molar-refractivity contribution in [3.05, 3.63) is 99.0 Å². The summed E-state index contributed by atoms with van der Waals surface area (Å²) in [5, 5.41) is 0.752. The Morgan fingerprint density at radius 1 is 0.737 bits per heavy atom. The van der Waals surface area contributed by atoms with Crippen LogP contribution in [0, 0.1) is 17.8 Å². The number of ether oxygens (including phenoxy) is 1. The molecule has 1 saturated heterocycles. The van der Waals surface area contributed by atoms with Gasteiger partial charge in [-0.1, -0.05) is 71.7 Å². The van der Waals surface area contributed by atoms with Gasteiger partial charge in [-0.15, -0.1) is 0 Å². The fourth-order valence-electron chi connectivity index (χ4n) is 7.38. The Bertz CT molecular complexity index is 1380. The number of halogens is 2. The summed E-state index contributed by atoms with van der Waals surface area (Å²) in [6.07, 6.45) is 2.27. The van der Waals surface area contributed by atoms with Crippen LogP contribution >= 0.6 is 23.2 Å². The number of carbonyl (C=O) groups is 3. The first-order valence-corrected chi connectivity index (χ1v) is 13.9. The first kappa shape index (κ1) is 23.9. The molecular formula is C31H25Cl2NO4.